The minimum absolute atomic E-state index is 0.0566. The predicted octanol–water partition coefficient (Wildman–Crippen LogP) is 1.23. The largest absolute Gasteiger partial charge is 0.376 e. The standard InChI is InChI=1S/C14H22N2O3S/c1-18-13(8-15)14(17)16(9-11-4-2-6-19-11)10-12-5-3-7-20-12/h3,5,7,11,13H,2,4,6,8-10,15H2,1H3. The van der Waals surface area contributed by atoms with Crippen molar-refractivity contribution in [1.29, 1.82) is 0 Å². The predicted molar refractivity (Wildman–Crippen MR) is 78.6 cm³/mol. The molecule has 1 fully saturated rings. The van der Waals surface area contributed by atoms with E-state index in [2.05, 4.69) is 0 Å². The van der Waals surface area contributed by atoms with Gasteiger partial charge in [-0.3, -0.25) is 4.79 Å². The fourth-order valence-electron chi connectivity index (χ4n) is 2.36. The van der Waals surface area contributed by atoms with Gasteiger partial charge in [-0.25, -0.2) is 0 Å². The number of nitrogens with two attached hydrogens (primary N) is 1. The maximum Gasteiger partial charge on any atom is 0.253 e. The van der Waals surface area contributed by atoms with Gasteiger partial charge in [-0.05, 0) is 24.3 Å². The minimum atomic E-state index is -0.573. The Morgan fingerprint density at radius 2 is 2.55 bits per heavy atom. The van der Waals surface area contributed by atoms with E-state index in [1.807, 2.05) is 22.4 Å². The molecule has 1 aromatic rings. The van der Waals surface area contributed by atoms with Crippen LogP contribution in [0, 0.1) is 0 Å². The number of nitrogens with zero attached hydrogens (tertiary/aromatic N) is 1. The second-order valence-corrected chi connectivity index (χ2v) is 5.93. The quantitative estimate of drug-likeness (QED) is 0.822. The lowest BCUT2D eigenvalue weighted by Crippen LogP contribution is -2.46. The molecule has 5 nitrogen and oxygen atoms in total. The van der Waals surface area contributed by atoms with Crippen LogP contribution in [0.2, 0.25) is 0 Å². The van der Waals surface area contributed by atoms with Crippen LogP contribution in [0.25, 0.3) is 0 Å². The molecule has 0 radical (unpaired) electrons. The first kappa shape index (κ1) is 15.4. The number of hydrogen-bond acceptors (Lipinski definition) is 5. The van der Waals surface area contributed by atoms with Crippen LogP contribution >= 0.6 is 11.3 Å². The second kappa shape index (κ2) is 7.73. The summed E-state index contributed by atoms with van der Waals surface area (Å²) in [6.07, 6.45) is 1.63. The Morgan fingerprint density at radius 1 is 1.70 bits per heavy atom. The van der Waals surface area contributed by atoms with Gasteiger partial charge in [0, 0.05) is 31.7 Å². The van der Waals surface area contributed by atoms with Crippen molar-refractivity contribution >= 4 is 17.2 Å². The number of carbonyl (C=O) groups is 1. The van der Waals surface area contributed by atoms with Gasteiger partial charge in [0.25, 0.3) is 5.91 Å². The molecule has 1 aromatic heterocycles. The van der Waals surface area contributed by atoms with Gasteiger partial charge < -0.3 is 20.1 Å². The first-order valence-electron chi connectivity index (χ1n) is 6.90. The van der Waals surface area contributed by atoms with E-state index < -0.39 is 6.10 Å². The van der Waals surface area contributed by atoms with E-state index in [9.17, 15) is 4.79 Å². The highest BCUT2D eigenvalue weighted by atomic mass is 32.1. The highest BCUT2D eigenvalue weighted by Gasteiger charge is 2.27. The molecule has 1 saturated heterocycles. The average molecular weight is 298 g/mol. The number of ether oxygens (including phenoxy) is 2. The molecule has 2 rings (SSSR count). The topological polar surface area (TPSA) is 64.8 Å². The molecule has 20 heavy (non-hydrogen) atoms. The van der Waals surface area contributed by atoms with Crippen LogP contribution in [0.15, 0.2) is 17.5 Å². The summed E-state index contributed by atoms with van der Waals surface area (Å²) in [6.45, 7) is 2.19. The minimum Gasteiger partial charge on any atom is -0.376 e. The number of amides is 1. The first-order chi connectivity index (χ1) is 9.74. The smallest absolute Gasteiger partial charge is 0.253 e. The van der Waals surface area contributed by atoms with Gasteiger partial charge >= 0.3 is 0 Å². The zero-order valence-corrected chi connectivity index (χ0v) is 12.6. The van der Waals surface area contributed by atoms with Crippen molar-refractivity contribution < 1.29 is 14.3 Å². The summed E-state index contributed by atoms with van der Waals surface area (Å²) in [5.41, 5.74) is 5.60. The Labute approximate surface area is 123 Å². The fourth-order valence-corrected chi connectivity index (χ4v) is 3.08. The SMILES string of the molecule is COC(CN)C(=O)N(Cc1cccs1)CC1CCCO1. The normalized spacial score (nSPS) is 20.0. The summed E-state index contributed by atoms with van der Waals surface area (Å²) in [6, 6.07) is 4.02. The monoisotopic (exact) mass is 298 g/mol. The Balaban J connectivity index is 2.03. The molecule has 0 bridgehead atoms. The molecule has 2 atom stereocenters. The lowest BCUT2D eigenvalue weighted by Gasteiger charge is -2.28. The number of thiophene rings is 1. The zero-order chi connectivity index (χ0) is 14.4. The van der Waals surface area contributed by atoms with Gasteiger partial charge in [-0.15, -0.1) is 11.3 Å². The van der Waals surface area contributed by atoms with Crippen molar-refractivity contribution in [3.05, 3.63) is 22.4 Å². The number of rotatable bonds is 7. The molecule has 0 aliphatic carbocycles. The molecule has 2 unspecified atom stereocenters. The molecule has 0 spiro atoms. The van der Waals surface area contributed by atoms with E-state index in [1.165, 1.54) is 7.11 Å². The molecular formula is C14H22N2O3S. The average Bonchev–Trinajstić information content (AvgIpc) is 3.12. The highest BCUT2D eigenvalue weighted by Crippen LogP contribution is 2.18. The zero-order valence-electron chi connectivity index (χ0n) is 11.8. The maximum atomic E-state index is 12.5. The first-order valence-corrected chi connectivity index (χ1v) is 7.78. The van der Waals surface area contributed by atoms with Crippen LogP contribution in [0.5, 0.6) is 0 Å². The molecule has 2 N–H and O–H groups in total. The Morgan fingerprint density at radius 3 is 3.10 bits per heavy atom. The molecular weight excluding hydrogens is 276 g/mol. The Kier molecular flexibility index (Phi) is 5.97. The number of methoxy groups -OCH3 is 1. The molecule has 1 aliphatic heterocycles. The number of carbonyl (C=O) groups excluding carboxylic acids is 1. The summed E-state index contributed by atoms with van der Waals surface area (Å²) in [5, 5.41) is 2.01. The molecule has 0 aromatic carbocycles. The van der Waals surface area contributed by atoms with E-state index in [0.29, 0.717) is 13.1 Å². The van der Waals surface area contributed by atoms with Gasteiger partial charge in [-0.2, -0.15) is 0 Å². The Bertz CT molecular complexity index is 401. The second-order valence-electron chi connectivity index (χ2n) is 4.89. The summed E-state index contributed by atoms with van der Waals surface area (Å²) in [7, 11) is 1.52. The summed E-state index contributed by atoms with van der Waals surface area (Å²) < 4.78 is 10.8. The Hall–Kier alpha value is -0.950. The van der Waals surface area contributed by atoms with E-state index in [1.54, 1.807) is 11.3 Å². The third kappa shape index (κ3) is 4.02. The number of hydrogen-bond donors (Lipinski definition) is 1. The van der Waals surface area contributed by atoms with Crippen LogP contribution in [0.3, 0.4) is 0 Å². The van der Waals surface area contributed by atoms with Crippen molar-refractivity contribution in [2.75, 3.05) is 26.8 Å². The van der Waals surface area contributed by atoms with Crippen LogP contribution in [-0.4, -0.2) is 49.8 Å². The van der Waals surface area contributed by atoms with E-state index in [4.69, 9.17) is 15.2 Å². The molecule has 1 amide bonds. The van der Waals surface area contributed by atoms with Crippen LogP contribution in [0.4, 0.5) is 0 Å². The van der Waals surface area contributed by atoms with Gasteiger partial charge in [0.1, 0.15) is 6.10 Å². The lowest BCUT2D eigenvalue weighted by atomic mass is 10.2. The van der Waals surface area contributed by atoms with Gasteiger partial charge in [0.05, 0.1) is 12.6 Å². The fraction of sp³-hybridized carbons (Fsp3) is 0.643. The van der Waals surface area contributed by atoms with Gasteiger partial charge in [-0.1, -0.05) is 6.07 Å². The van der Waals surface area contributed by atoms with Crippen molar-refractivity contribution in [3.8, 4) is 0 Å². The lowest BCUT2D eigenvalue weighted by molar-refractivity contribution is -0.143. The van der Waals surface area contributed by atoms with E-state index in [0.717, 1.165) is 24.3 Å². The third-order valence-corrected chi connectivity index (χ3v) is 4.32. The van der Waals surface area contributed by atoms with Gasteiger partial charge in [0.2, 0.25) is 0 Å². The maximum absolute atomic E-state index is 12.5. The summed E-state index contributed by atoms with van der Waals surface area (Å²) >= 11 is 1.65. The van der Waals surface area contributed by atoms with Crippen LogP contribution in [-0.2, 0) is 20.8 Å². The van der Waals surface area contributed by atoms with E-state index >= 15 is 0 Å². The highest BCUT2D eigenvalue weighted by molar-refractivity contribution is 7.09. The van der Waals surface area contributed by atoms with Crippen molar-refractivity contribution in [2.45, 2.75) is 31.6 Å². The molecule has 6 heteroatoms. The van der Waals surface area contributed by atoms with E-state index in [-0.39, 0.29) is 18.6 Å². The van der Waals surface area contributed by atoms with Crippen LogP contribution < -0.4 is 5.73 Å². The molecule has 2 heterocycles. The molecule has 112 valence electrons. The molecule has 1 aliphatic rings. The van der Waals surface area contributed by atoms with Crippen molar-refractivity contribution in [1.82, 2.24) is 4.90 Å². The molecule has 0 saturated carbocycles. The summed E-state index contributed by atoms with van der Waals surface area (Å²) in [5.74, 6) is -0.0566. The van der Waals surface area contributed by atoms with Crippen LogP contribution in [0.1, 0.15) is 17.7 Å². The van der Waals surface area contributed by atoms with Crippen molar-refractivity contribution in [2.24, 2.45) is 5.73 Å². The third-order valence-electron chi connectivity index (χ3n) is 3.46. The van der Waals surface area contributed by atoms with Gasteiger partial charge in [0.15, 0.2) is 0 Å². The summed E-state index contributed by atoms with van der Waals surface area (Å²) in [4.78, 5) is 15.5. The van der Waals surface area contributed by atoms with Crippen molar-refractivity contribution in [3.63, 3.8) is 0 Å².